The van der Waals surface area contributed by atoms with Gasteiger partial charge in [-0.05, 0) is 56.7 Å². The first-order valence-electron chi connectivity index (χ1n) is 15.8. The van der Waals surface area contributed by atoms with Crippen LogP contribution in [0.2, 0.25) is 0 Å². The van der Waals surface area contributed by atoms with Crippen LogP contribution in [0.4, 0.5) is 5.69 Å². The number of amides is 3. The SMILES string of the molecule is C=CCN(Cn1nnc2ccccc21)C(=O)C1N([C@H](C)CO)C(=O)[C@@H]2[C@H](C(=O)N(CC=C)c3ccc(OCC)cc3)[C@H]3SC12CC3Br. The van der Waals surface area contributed by atoms with Crippen LogP contribution in [0.1, 0.15) is 20.3 Å². The van der Waals surface area contributed by atoms with E-state index >= 15 is 0 Å². The molecule has 1 spiro atoms. The topological polar surface area (TPSA) is 121 Å². The Morgan fingerprint density at radius 3 is 2.57 bits per heavy atom. The van der Waals surface area contributed by atoms with Crippen molar-refractivity contribution in [3.63, 3.8) is 0 Å². The highest BCUT2D eigenvalue weighted by molar-refractivity contribution is 9.09. The van der Waals surface area contributed by atoms with Crippen molar-refractivity contribution in [1.82, 2.24) is 24.8 Å². The van der Waals surface area contributed by atoms with Gasteiger partial charge in [0.25, 0.3) is 0 Å². The number of fused-ring (bicyclic) bond motifs is 2. The molecule has 1 N–H and O–H groups in total. The number of carbonyl (C=O) groups excluding carboxylic acids is 3. The lowest BCUT2D eigenvalue weighted by molar-refractivity contribution is -0.146. The smallest absolute Gasteiger partial charge is 0.248 e. The van der Waals surface area contributed by atoms with E-state index in [0.29, 0.717) is 30.0 Å². The fourth-order valence-electron chi connectivity index (χ4n) is 7.44. The fraction of sp³-hybridized carbons (Fsp3) is 0.441. The largest absolute Gasteiger partial charge is 0.494 e. The molecule has 11 nitrogen and oxygen atoms in total. The number of para-hydroxylation sites is 1. The average Bonchev–Trinajstić information content (AvgIpc) is 3.80. The van der Waals surface area contributed by atoms with Crippen LogP contribution < -0.4 is 9.64 Å². The number of aromatic nitrogens is 3. The van der Waals surface area contributed by atoms with Crippen LogP contribution in [0.25, 0.3) is 11.0 Å². The molecule has 1 aromatic heterocycles. The van der Waals surface area contributed by atoms with Crippen molar-refractivity contribution in [2.75, 3.05) is 31.2 Å². The first-order valence-corrected chi connectivity index (χ1v) is 17.6. The Kier molecular flexibility index (Phi) is 9.50. The molecule has 2 aromatic carbocycles. The molecule has 4 heterocycles. The van der Waals surface area contributed by atoms with E-state index in [1.165, 1.54) is 4.90 Å². The van der Waals surface area contributed by atoms with Gasteiger partial charge in [0.1, 0.15) is 24.0 Å². The highest BCUT2D eigenvalue weighted by Gasteiger charge is 2.76. The summed E-state index contributed by atoms with van der Waals surface area (Å²) in [6.07, 6.45) is 3.83. The Labute approximate surface area is 286 Å². The predicted octanol–water partition coefficient (Wildman–Crippen LogP) is 3.87. The molecule has 0 saturated carbocycles. The Hall–Kier alpha value is -3.68. The van der Waals surface area contributed by atoms with E-state index < -0.39 is 28.7 Å². The van der Waals surface area contributed by atoms with Gasteiger partial charge in [0, 0.05) is 28.9 Å². The molecule has 248 valence electrons. The van der Waals surface area contributed by atoms with Crippen LogP contribution in [0.3, 0.4) is 0 Å². The number of carbonyl (C=O) groups is 3. The lowest BCUT2D eigenvalue weighted by Crippen LogP contribution is -2.57. The average molecular weight is 724 g/mol. The number of anilines is 1. The summed E-state index contributed by atoms with van der Waals surface area (Å²) in [5.41, 5.74) is 2.14. The fourth-order valence-corrected chi connectivity index (χ4v) is 11.0. The molecule has 3 aliphatic heterocycles. The summed E-state index contributed by atoms with van der Waals surface area (Å²) in [4.78, 5) is 48.7. The molecular formula is C34H39BrN6O5S. The van der Waals surface area contributed by atoms with E-state index in [9.17, 15) is 19.5 Å². The number of likely N-dealkylation sites (tertiary alicyclic amines) is 1. The summed E-state index contributed by atoms with van der Waals surface area (Å²) in [5.74, 6) is -1.52. The van der Waals surface area contributed by atoms with E-state index in [4.69, 9.17) is 4.74 Å². The highest BCUT2D eigenvalue weighted by atomic mass is 79.9. The number of hydrogen-bond acceptors (Lipinski definition) is 8. The molecule has 3 amide bonds. The van der Waals surface area contributed by atoms with Crippen molar-refractivity contribution in [2.45, 2.75) is 53.8 Å². The van der Waals surface area contributed by atoms with E-state index in [2.05, 4.69) is 39.4 Å². The van der Waals surface area contributed by atoms with Crippen LogP contribution in [0.15, 0.2) is 73.8 Å². The summed E-state index contributed by atoms with van der Waals surface area (Å²) < 4.78 is 6.37. The van der Waals surface area contributed by atoms with Crippen LogP contribution >= 0.6 is 27.7 Å². The number of hydrogen-bond donors (Lipinski definition) is 1. The van der Waals surface area contributed by atoms with Gasteiger partial charge in [0.2, 0.25) is 17.7 Å². The summed E-state index contributed by atoms with van der Waals surface area (Å²) in [6.45, 7) is 12.2. The second kappa shape index (κ2) is 13.4. The molecule has 3 aromatic rings. The highest BCUT2D eigenvalue weighted by Crippen LogP contribution is 2.68. The van der Waals surface area contributed by atoms with Crippen molar-refractivity contribution in [3.05, 3.63) is 73.8 Å². The molecule has 13 heteroatoms. The van der Waals surface area contributed by atoms with Crippen molar-refractivity contribution in [3.8, 4) is 5.75 Å². The zero-order chi connectivity index (χ0) is 33.5. The number of halogens is 1. The Morgan fingerprint density at radius 2 is 1.89 bits per heavy atom. The third-order valence-electron chi connectivity index (χ3n) is 9.41. The number of aliphatic hydroxyl groups excluding tert-OH is 1. The summed E-state index contributed by atoms with van der Waals surface area (Å²) in [5, 5.41) is 18.6. The van der Waals surface area contributed by atoms with Crippen LogP contribution in [-0.4, -0.2) is 101 Å². The molecule has 0 aliphatic carbocycles. The van der Waals surface area contributed by atoms with Gasteiger partial charge in [-0.3, -0.25) is 14.4 Å². The van der Waals surface area contributed by atoms with Gasteiger partial charge in [0.15, 0.2) is 0 Å². The number of rotatable bonds is 13. The van der Waals surface area contributed by atoms with E-state index in [1.54, 1.807) is 45.3 Å². The summed E-state index contributed by atoms with van der Waals surface area (Å²) >= 11 is 5.41. The van der Waals surface area contributed by atoms with E-state index in [0.717, 1.165) is 5.52 Å². The predicted molar refractivity (Wildman–Crippen MR) is 185 cm³/mol. The zero-order valence-corrected chi connectivity index (χ0v) is 28.8. The quantitative estimate of drug-likeness (QED) is 0.209. The molecule has 3 fully saturated rings. The monoisotopic (exact) mass is 722 g/mol. The van der Waals surface area contributed by atoms with Crippen molar-refractivity contribution >= 4 is 62.1 Å². The molecule has 2 bridgehead atoms. The van der Waals surface area contributed by atoms with E-state index in [1.807, 2.05) is 55.5 Å². The molecule has 47 heavy (non-hydrogen) atoms. The van der Waals surface area contributed by atoms with Crippen molar-refractivity contribution in [1.29, 1.82) is 0 Å². The van der Waals surface area contributed by atoms with Crippen molar-refractivity contribution < 1.29 is 24.2 Å². The standard InChI is InChI=1S/C34H39BrN6O5S/c1-5-16-38(20-40-26-11-9-8-10-25(26)36-37-40)33(45)30-34-18-24(35)29(47-34)27(28(34)32(44)41(30)21(4)19-42)31(43)39(17-6-2)22-12-14-23(15-13-22)46-7-3/h5-6,8-15,21,24,27-30,42H,1-2,7,16-20H2,3-4H3/t21-,24?,27+,28+,29+,30?,34?/m1/s1. The minimum absolute atomic E-state index is 0.0944. The molecule has 0 radical (unpaired) electrons. The normalized spacial score (nSPS) is 26.7. The van der Waals surface area contributed by atoms with Crippen LogP contribution in [0.5, 0.6) is 5.75 Å². The van der Waals surface area contributed by atoms with Gasteiger partial charge >= 0.3 is 0 Å². The van der Waals surface area contributed by atoms with Gasteiger partial charge < -0.3 is 24.5 Å². The molecule has 6 rings (SSSR count). The molecule has 3 unspecified atom stereocenters. The molecule has 3 saturated heterocycles. The summed E-state index contributed by atoms with van der Waals surface area (Å²) in [7, 11) is 0. The zero-order valence-electron chi connectivity index (χ0n) is 26.4. The number of benzene rings is 2. The molecule has 7 atom stereocenters. The number of nitrogens with zero attached hydrogens (tertiary/aromatic N) is 6. The van der Waals surface area contributed by atoms with Crippen molar-refractivity contribution in [2.24, 2.45) is 11.8 Å². The van der Waals surface area contributed by atoms with Gasteiger partial charge in [0.05, 0.1) is 41.4 Å². The maximum absolute atomic E-state index is 14.8. The molecule has 3 aliphatic rings. The maximum atomic E-state index is 14.8. The van der Waals surface area contributed by atoms with Gasteiger partial charge in [-0.25, -0.2) is 4.68 Å². The van der Waals surface area contributed by atoms with E-state index in [-0.39, 0.29) is 54.2 Å². The first-order chi connectivity index (χ1) is 22.7. The van der Waals surface area contributed by atoms with Gasteiger partial charge in [-0.15, -0.1) is 30.0 Å². The number of thioether (sulfide) groups is 1. The third kappa shape index (κ3) is 5.55. The second-order valence-corrected chi connectivity index (χ2v) is 14.9. The Bertz CT molecular complexity index is 1680. The lowest BCUT2D eigenvalue weighted by Gasteiger charge is -2.39. The Balaban J connectivity index is 1.38. The number of aliphatic hydroxyl groups is 1. The number of alkyl halides is 1. The van der Waals surface area contributed by atoms with Crippen LogP contribution in [0, 0.1) is 11.8 Å². The van der Waals surface area contributed by atoms with Crippen LogP contribution in [-0.2, 0) is 21.1 Å². The first kappa shape index (κ1) is 33.2. The lowest BCUT2D eigenvalue weighted by atomic mass is 9.70. The number of ether oxygens (including phenoxy) is 1. The minimum atomic E-state index is -0.914. The third-order valence-corrected chi connectivity index (χ3v) is 12.6. The maximum Gasteiger partial charge on any atom is 0.248 e. The Morgan fingerprint density at radius 1 is 1.17 bits per heavy atom. The van der Waals surface area contributed by atoms with Gasteiger partial charge in [-0.2, -0.15) is 0 Å². The summed E-state index contributed by atoms with van der Waals surface area (Å²) in [6, 6.07) is 13.2. The van der Waals surface area contributed by atoms with Gasteiger partial charge in [-0.1, -0.05) is 45.4 Å². The second-order valence-electron chi connectivity index (χ2n) is 12.2. The molecular weight excluding hydrogens is 684 g/mol. The minimum Gasteiger partial charge on any atom is -0.494 e.